The molecule has 14 nitrogen and oxygen atoms in total. The standard InChI is InChI=1S/C28H18F2N8O6S2/c1-13-18-11-15(26(40)37-28-33-9-10-45-28)24(44-46(41,42)43-18)21(13)22-14-5-6-20(39)38(23-16(29)3-2-4-17(23)30)25(14)36-27(35-22)34-12-19-31-7-8-32-19/h2-11H,12H2,1H3,(H,31,32)(H,33,37,40)(H,34,35,36). The largest absolute Gasteiger partial charge is 0.501 e. The van der Waals surface area contributed by atoms with Gasteiger partial charge in [-0.3, -0.25) is 19.5 Å². The Labute approximate surface area is 261 Å². The van der Waals surface area contributed by atoms with Crippen LogP contribution in [-0.2, 0) is 16.9 Å². The Hall–Kier alpha value is -5.75. The normalized spacial score (nSPS) is 13.2. The topological polar surface area (TPSA) is 183 Å². The summed E-state index contributed by atoms with van der Waals surface area (Å²) >= 11 is 1.13. The number of benzene rings is 2. The monoisotopic (exact) mass is 664 g/mol. The molecule has 2 aliphatic heterocycles. The molecule has 46 heavy (non-hydrogen) atoms. The van der Waals surface area contributed by atoms with Crippen molar-refractivity contribution in [1.29, 1.82) is 0 Å². The van der Waals surface area contributed by atoms with Crippen LogP contribution in [-0.4, -0.2) is 43.8 Å². The highest BCUT2D eigenvalue weighted by molar-refractivity contribution is 7.82. The third-order valence-corrected chi connectivity index (χ3v) is 8.33. The van der Waals surface area contributed by atoms with Crippen LogP contribution in [0.1, 0.15) is 21.7 Å². The number of imidazole rings is 1. The molecule has 232 valence electrons. The molecule has 4 aromatic heterocycles. The van der Waals surface area contributed by atoms with Gasteiger partial charge in [0.1, 0.15) is 23.1 Å². The second kappa shape index (κ2) is 11.0. The first kappa shape index (κ1) is 29.0. The van der Waals surface area contributed by atoms with E-state index in [1.807, 2.05) is 0 Å². The van der Waals surface area contributed by atoms with Crippen LogP contribution < -0.4 is 24.6 Å². The predicted octanol–water partition coefficient (Wildman–Crippen LogP) is 4.09. The van der Waals surface area contributed by atoms with E-state index in [1.165, 1.54) is 31.5 Å². The van der Waals surface area contributed by atoms with Crippen molar-refractivity contribution < 1.29 is 30.4 Å². The summed E-state index contributed by atoms with van der Waals surface area (Å²) in [6.45, 7) is 1.57. The van der Waals surface area contributed by atoms with Crippen LogP contribution in [0.2, 0.25) is 0 Å². The molecule has 1 amide bonds. The smallest absolute Gasteiger partial charge is 0.352 e. The summed E-state index contributed by atoms with van der Waals surface area (Å²) in [5, 5.41) is 7.45. The first-order chi connectivity index (χ1) is 22.1. The molecule has 0 saturated heterocycles. The van der Waals surface area contributed by atoms with Crippen LogP contribution in [0.4, 0.5) is 19.9 Å². The molecule has 8 rings (SSSR count). The Bertz CT molecular complexity index is 2330. The summed E-state index contributed by atoms with van der Waals surface area (Å²) in [6, 6.07) is 6.69. The third-order valence-electron chi connectivity index (χ3n) is 6.88. The molecule has 0 radical (unpaired) electrons. The number of carbonyl (C=O) groups excluding carboxylic acids is 1. The summed E-state index contributed by atoms with van der Waals surface area (Å²) in [7, 11) is -4.72. The van der Waals surface area contributed by atoms with Gasteiger partial charge in [-0.25, -0.2) is 23.7 Å². The zero-order chi connectivity index (χ0) is 32.2. The van der Waals surface area contributed by atoms with E-state index in [2.05, 4.69) is 35.6 Å². The van der Waals surface area contributed by atoms with Crippen molar-refractivity contribution in [2.24, 2.45) is 0 Å². The minimum absolute atomic E-state index is 0.0180. The maximum atomic E-state index is 15.1. The van der Waals surface area contributed by atoms with Crippen molar-refractivity contribution in [2.75, 3.05) is 10.6 Å². The molecule has 18 heteroatoms. The van der Waals surface area contributed by atoms with E-state index in [4.69, 9.17) is 8.37 Å². The number of H-pyrrole nitrogens is 1. The summed E-state index contributed by atoms with van der Waals surface area (Å²) in [5.74, 6) is -3.20. The van der Waals surface area contributed by atoms with Crippen molar-refractivity contribution in [3.8, 4) is 28.4 Å². The Balaban J connectivity index is 1.53. The molecule has 0 aliphatic carbocycles. The van der Waals surface area contributed by atoms with E-state index in [0.717, 1.165) is 40.2 Å². The summed E-state index contributed by atoms with van der Waals surface area (Å²) in [5.41, 5.74) is -1.87. The minimum Gasteiger partial charge on any atom is -0.352 e. The molecule has 3 N–H and O–H groups in total. The first-order valence-corrected chi connectivity index (χ1v) is 15.4. The number of pyridine rings is 1. The summed E-state index contributed by atoms with van der Waals surface area (Å²) in [4.78, 5) is 46.8. The van der Waals surface area contributed by atoms with E-state index >= 15 is 8.78 Å². The molecule has 0 fully saturated rings. The molecule has 2 aliphatic rings. The lowest BCUT2D eigenvalue weighted by Gasteiger charge is -2.17. The highest BCUT2D eigenvalue weighted by atomic mass is 32.3. The van der Waals surface area contributed by atoms with Crippen LogP contribution in [0.3, 0.4) is 0 Å². The van der Waals surface area contributed by atoms with Gasteiger partial charge in [0.05, 0.1) is 23.4 Å². The molecule has 6 heterocycles. The van der Waals surface area contributed by atoms with E-state index in [0.29, 0.717) is 5.82 Å². The fourth-order valence-corrected chi connectivity index (χ4v) is 6.23. The molecular formula is C28H18F2N8O6S2. The molecular weight excluding hydrogens is 646 g/mol. The van der Waals surface area contributed by atoms with Gasteiger partial charge in [-0.2, -0.15) is 4.98 Å². The number of amides is 1. The van der Waals surface area contributed by atoms with E-state index in [1.54, 1.807) is 11.6 Å². The lowest BCUT2D eigenvalue weighted by molar-refractivity contribution is 0.102. The number of anilines is 2. The van der Waals surface area contributed by atoms with Crippen molar-refractivity contribution in [1.82, 2.24) is 29.5 Å². The van der Waals surface area contributed by atoms with Gasteiger partial charge in [0.15, 0.2) is 22.3 Å². The maximum Gasteiger partial charge on any atom is 0.501 e. The lowest BCUT2D eigenvalue weighted by atomic mass is 9.96. The quantitative estimate of drug-likeness (QED) is 0.223. The highest BCUT2D eigenvalue weighted by Crippen LogP contribution is 2.46. The van der Waals surface area contributed by atoms with Crippen LogP contribution in [0.25, 0.3) is 28.0 Å². The molecule has 0 spiro atoms. The average molecular weight is 665 g/mol. The average Bonchev–Trinajstić information content (AvgIpc) is 3.69. The Morgan fingerprint density at radius 3 is 2.61 bits per heavy atom. The van der Waals surface area contributed by atoms with E-state index in [-0.39, 0.29) is 56.8 Å². The lowest BCUT2D eigenvalue weighted by Crippen LogP contribution is -2.22. The Morgan fingerprint density at radius 2 is 1.89 bits per heavy atom. The van der Waals surface area contributed by atoms with Gasteiger partial charge in [-0.1, -0.05) is 6.07 Å². The molecule has 2 bridgehead atoms. The zero-order valence-electron chi connectivity index (χ0n) is 23.2. The number of nitrogens with one attached hydrogen (secondary N) is 3. The van der Waals surface area contributed by atoms with Crippen molar-refractivity contribution in [2.45, 2.75) is 13.5 Å². The number of aromatic amines is 1. The van der Waals surface area contributed by atoms with Crippen LogP contribution in [0.15, 0.2) is 65.2 Å². The van der Waals surface area contributed by atoms with Crippen molar-refractivity contribution in [3.63, 3.8) is 0 Å². The number of thiazole rings is 1. The van der Waals surface area contributed by atoms with Gasteiger partial charge in [-0.15, -0.1) is 19.8 Å². The first-order valence-electron chi connectivity index (χ1n) is 13.2. The number of aromatic nitrogens is 6. The van der Waals surface area contributed by atoms with Crippen LogP contribution in [0, 0.1) is 18.6 Å². The van der Waals surface area contributed by atoms with Gasteiger partial charge >= 0.3 is 10.4 Å². The van der Waals surface area contributed by atoms with E-state index in [9.17, 15) is 18.0 Å². The summed E-state index contributed by atoms with van der Waals surface area (Å²) < 4.78 is 67.0. The van der Waals surface area contributed by atoms with Crippen LogP contribution in [0.5, 0.6) is 11.5 Å². The Kier molecular flexibility index (Phi) is 6.93. The van der Waals surface area contributed by atoms with Gasteiger partial charge in [0.25, 0.3) is 11.5 Å². The number of carbonyl (C=O) groups is 1. The number of halogens is 2. The van der Waals surface area contributed by atoms with Crippen molar-refractivity contribution >= 4 is 49.8 Å². The highest BCUT2D eigenvalue weighted by Gasteiger charge is 2.35. The predicted molar refractivity (Wildman–Crippen MR) is 161 cm³/mol. The Morgan fingerprint density at radius 1 is 1.09 bits per heavy atom. The molecule has 2 aromatic carbocycles. The number of para-hydroxylation sites is 1. The molecule has 0 unspecified atom stereocenters. The second-order valence-corrected chi connectivity index (χ2v) is 11.8. The number of hydrogen-bond acceptors (Lipinski definition) is 12. The third kappa shape index (κ3) is 5.08. The van der Waals surface area contributed by atoms with Gasteiger partial charge in [0.2, 0.25) is 5.95 Å². The van der Waals surface area contributed by atoms with Gasteiger partial charge in [0, 0.05) is 41.0 Å². The fraction of sp³-hybridized carbons (Fsp3) is 0.0714. The summed E-state index contributed by atoms with van der Waals surface area (Å²) in [6.07, 6.45) is 4.58. The van der Waals surface area contributed by atoms with Crippen molar-refractivity contribution in [3.05, 3.63) is 99.3 Å². The maximum absolute atomic E-state index is 15.1. The fourth-order valence-electron chi connectivity index (χ4n) is 4.90. The molecule has 6 aromatic rings. The molecule has 0 atom stereocenters. The van der Waals surface area contributed by atoms with Gasteiger partial charge in [-0.05, 0) is 31.2 Å². The van der Waals surface area contributed by atoms with E-state index < -0.39 is 44.9 Å². The SMILES string of the molecule is Cc1c2cc(C(=O)Nc3nccs3)c(c1-c1nc(NCc3ncc[nH]3)nc3c1ccc(=O)n3-c1c(F)cccc1F)OS(=O)(=O)O2. The van der Waals surface area contributed by atoms with Gasteiger partial charge < -0.3 is 18.7 Å². The number of fused-ring (bicyclic) bond motifs is 5. The van der Waals surface area contributed by atoms with Crippen LogP contribution >= 0.6 is 11.3 Å². The minimum atomic E-state index is -4.72. The number of nitrogens with zero attached hydrogens (tertiary/aromatic N) is 5. The number of rotatable bonds is 7. The number of hydrogen-bond donors (Lipinski definition) is 3. The zero-order valence-corrected chi connectivity index (χ0v) is 24.9. The second-order valence-electron chi connectivity index (χ2n) is 9.72. The molecule has 0 saturated carbocycles.